The summed E-state index contributed by atoms with van der Waals surface area (Å²) >= 11 is 3.72. The molecule has 9 aromatic carbocycles. The van der Waals surface area contributed by atoms with Gasteiger partial charge in [-0.2, -0.15) is 0 Å². The van der Waals surface area contributed by atoms with E-state index >= 15 is 0 Å². The van der Waals surface area contributed by atoms with Gasteiger partial charge in [0.1, 0.15) is 0 Å². The fraction of sp³-hybridized carbons (Fsp3) is 0. The first kappa shape index (κ1) is 33.2. The Morgan fingerprint density at radius 1 is 0.328 bits per heavy atom. The number of benzene rings is 9. The number of hydrogen-bond acceptors (Lipinski definition) is 3. The molecule has 4 heteroatoms. The number of para-hydroxylation sites is 2. The summed E-state index contributed by atoms with van der Waals surface area (Å²) in [6, 6.07) is 75.7. The molecular formula is C54H34N2S2. The Hall–Kier alpha value is -6.98. The molecule has 0 aliphatic rings. The Bertz CT molecular complexity index is 3500. The average Bonchev–Trinajstić information content (AvgIpc) is 3.97. The van der Waals surface area contributed by atoms with E-state index in [1.54, 1.807) is 0 Å². The third kappa shape index (κ3) is 5.30. The van der Waals surface area contributed by atoms with Crippen LogP contribution in [0.3, 0.4) is 0 Å². The zero-order valence-electron chi connectivity index (χ0n) is 31.3. The minimum Gasteiger partial charge on any atom is -0.310 e. The number of rotatable bonds is 6. The molecule has 0 aliphatic carbocycles. The van der Waals surface area contributed by atoms with Crippen LogP contribution in [0, 0.1) is 0 Å². The van der Waals surface area contributed by atoms with Gasteiger partial charge in [-0.05, 0) is 113 Å². The van der Waals surface area contributed by atoms with Gasteiger partial charge < -0.3 is 9.47 Å². The van der Waals surface area contributed by atoms with E-state index in [2.05, 4.69) is 216 Å². The molecule has 0 aliphatic heterocycles. The highest BCUT2D eigenvalue weighted by Gasteiger charge is 2.20. The van der Waals surface area contributed by atoms with E-state index in [0.717, 1.165) is 11.4 Å². The molecule has 272 valence electrons. The SMILES string of the molecule is c1ccc(-n2c3ccccc3c3cc(-c4ccc(N(c5ccc(-c6ccc7sc8ccccc8c7c6)cc5)c5cccc6sc7ccccc7c56)cc4)ccc32)cc1. The first-order valence-electron chi connectivity index (χ1n) is 19.7. The normalized spacial score (nSPS) is 11.8. The smallest absolute Gasteiger partial charge is 0.0554 e. The summed E-state index contributed by atoms with van der Waals surface area (Å²) in [7, 11) is 0. The maximum atomic E-state index is 2.43. The molecule has 0 spiro atoms. The second-order valence-electron chi connectivity index (χ2n) is 14.9. The number of aromatic nitrogens is 1. The maximum Gasteiger partial charge on any atom is 0.0554 e. The summed E-state index contributed by atoms with van der Waals surface area (Å²) in [5.41, 5.74) is 11.8. The van der Waals surface area contributed by atoms with Crippen LogP contribution in [0.15, 0.2) is 206 Å². The summed E-state index contributed by atoms with van der Waals surface area (Å²) in [4.78, 5) is 2.43. The van der Waals surface area contributed by atoms with Crippen LogP contribution in [0.25, 0.3) is 90.1 Å². The summed E-state index contributed by atoms with van der Waals surface area (Å²) in [6.07, 6.45) is 0. The largest absolute Gasteiger partial charge is 0.310 e. The van der Waals surface area contributed by atoms with E-state index in [-0.39, 0.29) is 0 Å². The van der Waals surface area contributed by atoms with Gasteiger partial charge in [-0.25, -0.2) is 0 Å². The van der Waals surface area contributed by atoms with Crippen molar-refractivity contribution in [1.29, 1.82) is 0 Å². The van der Waals surface area contributed by atoms with Gasteiger partial charge >= 0.3 is 0 Å². The van der Waals surface area contributed by atoms with Crippen LogP contribution in [-0.2, 0) is 0 Å². The first-order chi connectivity index (χ1) is 28.7. The van der Waals surface area contributed by atoms with Crippen molar-refractivity contribution in [3.05, 3.63) is 206 Å². The van der Waals surface area contributed by atoms with E-state index in [0.29, 0.717) is 0 Å². The zero-order valence-corrected chi connectivity index (χ0v) is 33.0. The van der Waals surface area contributed by atoms with E-state index in [1.165, 1.54) is 95.8 Å². The van der Waals surface area contributed by atoms with Crippen LogP contribution < -0.4 is 4.90 Å². The molecule has 12 rings (SSSR count). The Labute approximate surface area is 343 Å². The third-order valence-corrected chi connectivity index (χ3v) is 13.9. The van der Waals surface area contributed by atoms with Gasteiger partial charge in [0.15, 0.2) is 0 Å². The summed E-state index contributed by atoms with van der Waals surface area (Å²) in [5, 5.41) is 7.73. The number of hydrogen-bond donors (Lipinski definition) is 0. The lowest BCUT2D eigenvalue weighted by Gasteiger charge is -2.27. The zero-order chi connectivity index (χ0) is 38.2. The molecule has 0 fully saturated rings. The standard InChI is InChI=1S/C54H34N2S2/c1-2-11-39(12-3-1)56-47-16-7-4-13-42(47)45-33-37(25-31-48(45)56)35-21-27-40(28-22-35)55(49-17-10-20-53-54(49)44-15-6-9-19-51(44)58-53)41-29-23-36(24-30-41)38-26-32-52-46(34-38)43-14-5-8-18-50(43)57-52/h1-34H. The molecule has 0 unspecified atom stereocenters. The fourth-order valence-electron chi connectivity index (χ4n) is 8.89. The summed E-state index contributed by atoms with van der Waals surface area (Å²) in [5.74, 6) is 0. The van der Waals surface area contributed by atoms with Crippen molar-refractivity contribution in [2.45, 2.75) is 0 Å². The quantitative estimate of drug-likeness (QED) is 0.163. The van der Waals surface area contributed by atoms with Crippen molar-refractivity contribution >= 4 is 102 Å². The second-order valence-corrected chi connectivity index (χ2v) is 17.1. The molecular weight excluding hydrogens is 741 g/mol. The lowest BCUT2D eigenvalue weighted by Crippen LogP contribution is -2.10. The number of fused-ring (bicyclic) bond motifs is 9. The second kappa shape index (κ2) is 13.3. The molecule has 12 aromatic rings. The van der Waals surface area contributed by atoms with Gasteiger partial charge in [0.25, 0.3) is 0 Å². The van der Waals surface area contributed by atoms with Crippen LogP contribution in [0.2, 0.25) is 0 Å². The van der Waals surface area contributed by atoms with E-state index in [4.69, 9.17) is 0 Å². The molecule has 0 radical (unpaired) electrons. The van der Waals surface area contributed by atoms with Crippen LogP contribution in [0.1, 0.15) is 0 Å². The minimum atomic E-state index is 1.12. The third-order valence-electron chi connectivity index (χ3n) is 11.6. The Kier molecular flexibility index (Phi) is 7.62. The number of thiophene rings is 2. The summed E-state index contributed by atoms with van der Waals surface area (Å²) in [6.45, 7) is 0. The Morgan fingerprint density at radius 3 is 1.59 bits per heavy atom. The molecule has 0 N–H and O–H groups in total. The number of nitrogens with zero attached hydrogens (tertiary/aromatic N) is 2. The first-order valence-corrected chi connectivity index (χ1v) is 21.3. The highest BCUT2D eigenvalue weighted by molar-refractivity contribution is 7.26. The Morgan fingerprint density at radius 2 is 0.845 bits per heavy atom. The van der Waals surface area contributed by atoms with Crippen molar-refractivity contribution in [2.75, 3.05) is 4.90 Å². The molecule has 0 atom stereocenters. The number of anilines is 3. The van der Waals surface area contributed by atoms with Gasteiger partial charge in [-0.3, -0.25) is 0 Å². The maximum absolute atomic E-state index is 2.43. The Balaban J connectivity index is 0.972. The monoisotopic (exact) mass is 774 g/mol. The van der Waals surface area contributed by atoms with Crippen LogP contribution >= 0.6 is 22.7 Å². The topological polar surface area (TPSA) is 8.17 Å². The van der Waals surface area contributed by atoms with Crippen molar-refractivity contribution in [3.8, 4) is 27.9 Å². The van der Waals surface area contributed by atoms with Gasteiger partial charge in [-0.15, -0.1) is 22.7 Å². The predicted molar refractivity (Wildman–Crippen MR) is 252 cm³/mol. The van der Waals surface area contributed by atoms with Gasteiger partial charge in [-0.1, -0.05) is 115 Å². The van der Waals surface area contributed by atoms with Gasteiger partial charge in [0, 0.05) is 68.2 Å². The van der Waals surface area contributed by atoms with Crippen LogP contribution in [-0.4, -0.2) is 4.57 Å². The van der Waals surface area contributed by atoms with Gasteiger partial charge in [0.05, 0.1) is 16.7 Å². The van der Waals surface area contributed by atoms with E-state index in [9.17, 15) is 0 Å². The fourth-order valence-corrected chi connectivity index (χ4v) is 11.1. The molecule has 0 saturated carbocycles. The lowest BCUT2D eigenvalue weighted by atomic mass is 10.0. The van der Waals surface area contributed by atoms with Crippen LogP contribution in [0.4, 0.5) is 17.1 Å². The van der Waals surface area contributed by atoms with E-state index < -0.39 is 0 Å². The van der Waals surface area contributed by atoms with Crippen molar-refractivity contribution in [2.24, 2.45) is 0 Å². The molecule has 0 amide bonds. The highest BCUT2D eigenvalue weighted by Crippen LogP contribution is 2.46. The van der Waals surface area contributed by atoms with E-state index in [1.807, 2.05) is 22.7 Å². The predicted octanol–water partition coefficient (Wildman–Crippen LogP) is 16.3. The highest BCUT2D eigenvalue weighted by atomic mass is 32.1. The van der Waals surface area contributed by atoms with Crippen molar-refractivity contribution in [3.63, 3.8) is 0 Å². The average molecular weight is 775 g/mol. The molecule has 58 heavy (non-hydrogen) atoms. The minimum absolute atomic E-state index is 1.12. The van der Waals surface area contributed by atoms with Gasteiger partial charge in [0.2, 0.25) is 0 Å². The summed E-state index contributed by atoms with van der Waals surface area (Å²) < 4.78 is 7.62. The molecule has 2 nitrogen and oxygen atoms in total. The molecule has 3 aromatic heterocycles. The molecule has 0 bridgehead atoms. The van der Waals surface area contributed by atoms with Crippen molar-refractivity contribution < 1.29 is 0 Å². The van der Waals surface area contributed by atoms with Crippen LogP contribution in [0.5, 0.6) is 0 Å². The lowest BCUT2D eigenvalue weighted by molar-refractivity contribution is 1.18. The van der Waals surface area contributed by atoms with Crippen molar-refractivity contribution in [1.82, 2.24) is 4.57 Å². The molecule has 0 saturated heterocycles. The molecule has 3 heterocycles.